The van der Waals surface area contributed by atoms with Crippen molar-refractivity contribution in [1.29, 1.82) is 0 Å². The lowest BCUT2D eigenvalue weighted by molar-refractivity contribution is 0.726. The van der Waals surface area contributed by atoms with Crippen molar-refractivity contribution in [2.24, 2.45) is 0 Å². The van der Waals surface area contributed by atoms with Gasteiger partial charge >= 0.3 is 0 Å². The number of fused-ring (bicyclic) bond motifs is 1. The number of rotatable bonds is 3. The van der Waals surface area contributed by atoms with E-state index in [4.69, 9.17) is 11.6 Å². The first-order valence-electron chi connectivity index (χ1n) is 10.2. The first-order valence-corrected chi connectivity index (χ1v) is 10.6. The summed E-state index contributed by atoms with van der Waals surface area (Å²) in [5, 5.41) is 3.45. The van der Waals surface area contributed by atoms with E-state index in [-0.39, 0.29) is 0 Å². The molecule has 0 radical (unpaired) electrons. The minimum absolute atomic E-state index is 0.652. The van der Waals surface area contributed by atoms with Crippen molar-refractivity contribution in [2.45, 2.75) is 31.6 Å². The first kappa shape index (κ1) is 17.5. The predicted octanol–water partition coefficient (Wildman–Crippen LogP) is 8.48. The Balaban J connectivity index is 1.86. The average Bonchev–Trinajstić information content (AvgIpc) is 3.28. The van der Waals surface area contributed by atoms with E-state index in [0.29, 0.717) is 5.92 Å². The van der Waals surface area contributed by atoms with Gasteiger partial charge in [-0.2, -0.15) is 0 Å². The Kier molecular flexibility index (Phi) is 4.66. The standard InChI is InChI=1S/C27H23Cl/c28-23-16-13-22(14-17-23)27-25(20-9-4-5-10-20)18-15-21-11-6-12-24(26(21)27)19-7-2-1-3-8-19/h1-3,6-8,11-18,20H,4-5,9-10H2. The number of hydrogen-bond acceptors (Lipinski definition) is 0. The lowest BCUT2D eigenvalue weighted by atomic mass is 9.83. The third-order valence-corrected chi connectivity index (χ3v) is 6.34. The molecule has 138 valence electrons. The topological polar surface area (TPSA) is 0 Å². The lowest BCUT2D eigenvalue weighted by Gasteiger charge is -2.20. The lowest BCUT2D eigenvalue weighted by Crippen LogP contribution is -1.98. The fourth-order valence-electron chi connectivity index (χ4n) is 4.76. The second-order valence-electron chi connectivity index (χ2n) is 7.79. The zero-order valence-corrected chi connectivity index (χ0v) is 16.6. The Morgan fingerprint density at radius 3 is 2.14 bits per heavy atom. The van der Waals surface area contributed by atoms with E-state index in [1.54, 1.807) is 0 Å². The van der Waals surface area contributed by atoms with Crippen LogP contribution in [0.1, 0.15) is 37.2 Å². The molecule has 1 aliphatic carbocycles. The van der Waals surface area contributed by atoms with Crippen molar-refractivity contribution >= 4 is 22.4 Å². The molecule has 1 fully saturated rings. The third-order valence-electron chi connectivity index (χ3n) is 6.09. The SMILES string of the molecule is Clc1ccc(-c2c(C3CCCC3)ccc3cccc(-c4ccccc4)c23)cc1. The highest BCUT2D eigenvalue weighted by atomic mass is 35.5. The number of halogens is 1. The molecule has 1 heteroatoms. The fraction of sp³-hybridized carbons (Fsp3) is 0.185. The van der Waals surface area contributed by atoms with Crippen molar-refractivity contribution < 1.29 is 0 Å². The monoisotopic (exact) mass is 382 g/mol. The molecule has 0 bridgehead atoms. The van der Waals surface area contributed by atoms with Gasteiger partial charge in [-0.3, -0.25) is 0 Å². The molecule has 0 saturated heterocycles. The minimum atomic E-state index is 0.652. The van der Waals surface area contributed by atoms with E-state index < -0.39 is 0 Å². The quantitative estimate of drug-likeness (QED) is 0.333. The van der Waals surface area contributed by atoms with Crippen LogP contribution in [0.25, 0.3) is 33.0 Å². The van der Waals surface area contributed by atoms with Crippen LogP contribution < -0.4 is 0 Å². The van der Waals surface area contributed by atoms with E-state index in [0.717, 1.165) is 5.02 Å². The first-order chi connectivity index (χ1) is 13.8. The van der Waals surface area contributed by atoms with Crippen LogP contribution in [0.15, 0.2) is 84.9 Å². The van der Waals surface area contributed by atoms with Gasteiger partial charge in [-0.25, -0.2) is 0 Å². The van der Waals surface area contributed by atoms with Crippen LogP contribution >= 0.6 is 11.6 Å². The highest BCUT2D eigenvalue weighted by Gasteiger charge is 2.23. The zero-order valence-electron chi connectivity index (χ0n) is 15.9. The molecular formula is C27H23Cl. The van der Waals surface area contributed by atoms with Gasteiger partial charge < -0.3 is 0 Å². The zero-order chi connectivity index (χ0) is 18.9. The van der Waals surface area contributed by atoms with E-state index in [2.05, 4.69) is 72.8 Å². The van der Waals surface area contributed by atoms with Crippen molar-refractivity contribution in [3.63, 3.8) is 0 Å². The van der Waals surface area contributed by atoms with E-state index >= 15 is 0 Å². The summed E-state index contributed by atoms with van der Waals surface area (Å²) in [6.45, 7) is 0. The Morgan fingerprint density at radius 1 is 0.643 bits per heavy atom. The van der Waals surface area contributed by atoms with E-state index in [1.165, 1.54) is 64.3 Å². The molecule has 0 unspecified atom stereocenters. The van der Waals surface area contributed by atoms with Crippen LogP contribution in [0.4, 0.5) is 0 Å². The summed E-state index contributed by atoms with van der Waals surface area (Å²) in [5.41, 5.74) is 6.73. The predicted molar refractivity (Wildman–Crippen MR) is 121 cm³/mol. The molecule has 0 aromatic heterocycles. The maximum atomic E-state index is 6.21. The molecule has 0 spiro atoms. The molecule has 0 nitrogen and oxygen atoms in total. The summed E-state index contributed by atoms with van der Waals surface area (Å²) in [6, 6.07) is 30.5. The third kappa shape index (κ3) is 3.12. The molecule has 1 saturated carbocycles. The van der Waals surface area contributed by atoms with Crippen LogP contribution in [-0.4, -0.2) is 0 Å². The Labute approximate surface area is 171 Å². The minimum Gasteiger partial charge on any atom is -0.0843 e. The molecule has 0 aliphatic heterocycles. The van der Waals surface area contributed by atoms with E-state index in [1.807, 2.05) is 12.1 Å². The molecule has 0 N–H and O–H groups in total. The average molecular weight is 383 g/mol. The Morgan fingerprint density at radius 2 is 1.39 bits per heavy atom. The van der Waals surface area contributed by atoms with Crippen LogP contribution in [0.5, 0.6) is 0 Å². The molecule has 0 heterocycles. The van der Waals surface area contributed by atoms with Gasteiger partial charge in [-0.05, 0) is 69.5 Å². The summed E-state index contributed by atoms with van der Waals surface area (Å²) in [4.78, 5) is 0. The van der Waals surface area contributed by atoms with Crippen molar-refractivity contribution in [3.8, 4) is 22.3 Å². The largest absolute Gasteiger partial charge is 0.0843 e. The summed E-state index contributed by atoms with van der Waals surface area (Å²) in [5.74, 6) is 0.652. The van der Waals surface area contributed by atoms with Gasteiger partial charge in [0, 0.05) is 5.02 Å². The molecule has 4 aromatic carbocycles. The summed E-state index contributed by atoms with van der Waals surface area (Å²) in [7, 11) is 0. The van der Waals surface area contributed by atoms with Gasteiger partial charge in [-0.1, -0.05) is 97.2 Å². The maximum Gasteiger partial charge on any atom is 0.0406 e. The van der Waals surface area contributed by atoms with Gasteiger partial charge in [-0.15, -0.1) is 0 Å². The van der Waals surface area contributed by atoms with E-state index in [9.17, 15) is 0 Å². The Bertz CT molecular complexity index is 1100. The summed E-state index contributed by atoms with van der Waals surface area (Å²) in [6.07, 6.45) is 5.26. The molecule has 4 aromatic rings. The van der Waals surface area contributed by atoms with Crippen LogP contribution in [0, 0.1) is 0 Å². The van der Waals surface area contributed by atoms with Crippen molar-refractivity contribution in [1.82, 2.24) is 0 Å². The molecule has 1 aliphatic rings. The van der Waals surface area contributed by atoms with Gasteiger partial charge in [0.1, 0.15) is 0 Å². The number of benzene rings is 4. The molecular weight excluding hydrogens is 360 g/mol. The molecule has 0 amide bonds. The van der Waals surface area contributed by atoms with Crippen LogP contribution in [0.2, 0.25) is 5.02 Å². The summed E-state index contributed by atoms with van der Waals surface area (Å²) < 4.78 is 0. The fourth-order valence-corrected chi connectivity index (χ4v) is 4.88. The van der Waals surface area contributed by atoms with Gasteiger partial charge in [0.2, 0.25) is 0 Å². The highest BCUT2D eigenvalue weighted by molar-refractivity contribution is 6.30. The smallest absolute Gasteiger partial charge is 0.0406 e. The molecule has 0 atom stereocenters. The van der Waals surface area contributed by atoms with Crippen molar-refractivity contribution in [3.05, 3.63) is 95.5 Å². The van der Waals surface area contributed by atoms with Crippen LogP contribution in [-0.2, 0) is 0 Å². The second kappa shape index (κ2) is 7.45. The second-order valence-corrected chi connectivity index (χ2v) is 8.22. The van der Waals surface area contributed by atoms with Gasteiger partial charge in [0.15, 0.2) is 0 Å². The molecule has 5 rings (SSSR count). The van der Waals surface area contributed by atoms with Crippen LogP contribution in [0.3, 0.4) is 0 Å². The Hall–Kier alpha value is -2.57. The summed E-state index contributed by atoms with van der Waals surface area (Å²) >= 11 is 6.21. The normalized spacial score (nSPS) is 14.6. The van der Waals surface area contributed by atoms with Crippen molar-refractivity contribution in [2.75, 3.05) is 0 Å². The van der Waals surface area contributed by atoms with Gasteiger partial charge in [0.05, 0.1) is 0 Å². The highest BCUT2D eigenvalue weighted by Crippen LogP contribution is 2.45. The number of hydrogen-bond donors (Lipinski definition) is 0. The van der Waals surface area contributed by atoms with Gasteiger partial charge in [0.25, 0.3) is 0 Å². The maximum absolute atomic E-state index is 6.21. The molecule has 28 heavy (non-hydrogen) atoms.